The third-order valence-electron chi connectivity index (χ3n) is 1.31. The molecule has 2 unspecified atom stereocenters. The van der Waals surface area contributed by atoms with Crippen LogP contribution in [-0.2, 0) is 9.53 Å². The molecule has 0 radical (unpaired) electrons. The van der Waals surface area contributed by atoms with Crippen molar-refractivity contribution in [1.82, 2.24) is 5.32 Å². The van der Waals surface area contributed by atoms with E-state index in [9.17, 15) is 4.79 Å². The Bertz CT molecular complexity index is 189. The molecule has 1 aliphatic rings. The van der Waals surface area contributed by atoms with Crippen molar-refractivity contribution in [2.75, 3.05) is 6.61 Å². The van der Waals surface area contributed by atoms with Crippen LogP contribution in [0.3, 0.4) is 0 Å². The van der Waals surface area contributed by atoms with Gasteiger partial charge in [-0.15, -0.1) is 0 Å². The summed E-state index contributed by atoms with van der Waals surface area (Å²) >= 11 is 0. The Morgan fingerprint density at radius 2 is 2.45 bits per heavy atom. The highest BCUT2D eigenvalue weighted by molar-refractivity contribution is 5.83. The van der Waals surface area contributed by atoms with Gasteiger partial charge in [-0.3, -0.25) is 5.41 Å². The third-order valence-corrected chi connectivity index (χ3v) is 1.31. The van der Waals surface area contributed by atoms with Crippen LogP contribution >= 0.6 is 0 Å². The van der Waals surface area contributed by atoms with Crippen LogP contribution in [0.4, 0.5) is 0 Å². The molecule has 1 fully saturated rings. The maximum atomic E-state index is 10.4. The SMILES string of the molecule is N=C(N)NC(C(=O)O)C1CO1. The van der Waals surface area contributed by atoms with E-state index >= 15 is 0 Å². The van der Waals surface area contributed by atoms with E-state index in [4.69, 9.17) is 21.0 Å². The number of carbonyl (C=O) groups is 1. The van der Waals surface area contributed by atoms with Gasteiger partial charge in [0.25, 0.3) is 0 Å². The Hall–Kier alpha value is -1.30. The molecule has 0 spiro atoms. The normalized spacial score (nSPS) is 23.8. The number of nitrogens with one attached hydrogen (secondary N) is 2. The standard InChI is InChI=1S/C5H9N3O3/c6-5(7)8-3(4(9)10)2-1-11-2/h2-3H,1H2,(H,9,10)(H4,6,7,8). The first-order chi connectivity index (χ1) is 5.11. The van der Waals surface area contributed by atoms with Crippen LogP contribution in [0.15, 0.2) is 0 Å². The van der Waals surface area contributed by atoms with Gasteiger partial charge in [0.1, 0.15) is 6.10 Å². The van der Waals surface area contributed by atoms with E-state index in [1.807, 2.05) is 0 Å². The van der Waals surface area contributed by atoms with Crippen LogP contribution in [0.1, 0.15) is 0 Å². The fraction of sp³-hybridized carbons (Fsp3) is 0.600. The van der Waals surface area contributed by atoms with Gasteiger partial charge in [-0.05, 0) is 0 Å². The van der Waals surface area contributed by atoms with Gasteiger partial charge < -0.3 is 20.9 Å². The lowest BCUT2D eigenvalue weighted by atomic mass is 10.2. The minimum atomic E-state index is -1.05. The number of epoxide rings is 1. The molecule has 0 aliphatic carbocycles. The maximum Gasteiger partial charge on any atom is 0.329 e. The smallest absolute Gasteiger partial charge is 0.329 e. The molecule has 11 heavy (non-hydrogen) atoms. The van der Waals surface area contributed by atoms with E-state index in [-0.39, 0.29) is 12.1 Å². The summed E-state index contributed by atoms with van der Waals surface area (Å²) in [6.07, 6.45) is -0.337. The molecule has 5 N–H and O–H groups in total. The molecule has 0 bridgehead atoms. The number of guanidine groups is 1. The number of carboxylic acid groups (broad SMARTS) is 1. The molecule has 1 saturated heterocycles. The molecule has 2 atom stereocenters. The van der Waals surface area contributed by atoms with E-state index in [1.165, 1.54) is 0 Å². The summed E-state index contributed by atoms with van der Waals surface area (Å²) < 4.78 is 4.74. The van der Waals surface area contributed by atoms with Gasteiger partial charge >= 0.3 is 5.97 Å². The van der Waals surface area contributed by atoms with Crippen LogP contribution in [0.25, 0.3) is 0 Å². The third kappa shape index (κ3) is 2.08. The highest BCUT2D eigenvalue weighted by Crippen LogP contribution is 2.13. The lowest BCUT2D eigenvalue weighted by Gasteiger charge is -2.10. The second-order valence-corrected chi connectivity index (χ2v) is 2.25. The number of carboxylic acids is 1. The molecule has 0 saturated carbocycles. The highest BCUT2D eigenvalue weighted by atomic mass is 16.6. The maximum absolute atomic E-state index is 10.4. The van der Waals surface area contributed by atoms with E-state index in [2.05, 4.69) is 5.32 Å². The number of hydrogen-bond donors (Lipinski definition) is 4. The molecular weight excluding hydrogens is 150 g/mol. The minimum Gasteiger partial charge on any atom is -0.480 e. The molecular formula is C5H9N3O3. The van der Waals surface area contributed by atoms with Gasteiger partial charge in [0.2, 0.25) is 0 Å². The molecule has 0 aromatic heterocycles. The molecule has 1 aliphatic heterocycles. The summed E-state index contributed by atoms with van der Waals surface area (Å²) in [6.45, 7) is 0.414. The largest absolute Gasteiger partial charge is 0.480 e. The van der Waals surface area contributed by atoms with Crippen molar-refractivity contribution >= 4 is 11.9 Å². The lowest BCUT2D eigenvalue weighted by molar-refractivity contribution is -0.139. The average molecular weight is 159 g/mol. The second-order valence-electron chi connectivity index (χ2n) is 2.25. The van der Waals surface area contributed by atoms with Gasteiger partial charge in [0, 0.05) is 0 Å². The zero-order valence-corrected chi connectivity index (χ0v) is 5.70. The van der Waals surface area contributed by atoms with Gasteiger partial charge in [-0.1, -0.05) is 0 Å². The summed E-state index contributed by atoms with van der Waals surface area (Å²) in [7, 11) is 0. The average Bonchev–Trinajstić information content (AvgIpc) is 2.63. The summed E-state index contributed by atoms with van der Waals surface area (Å²) in [5.74, 6) is -1.41. The van der Waals surface area contributed by atoms with Crippen LogP contribution in [0, 0.1) is 5.41 Å². The number of aliphatic carboxylic acids is 1. The molecule has 6 nitrogen and oxygen atoms in total. The first-order valence-electron chi connectivity index (χ1n) is 3.06. The first-order valence-corrected chi connectivity index (χ1v) is 3.06. The lowest BCUT2D eigenvalue weighted by Crippen LogP contribution is -2.47. The van der Waals surface area contributed by atoms with Gasteiger partial charge in [0.05, 0.1) is 6.61 Å². The zero-order valence-electron chi connectivity index (χ0n) is 5.70. The van der Waals surface area contributed by atoms with Gasteiger partial charge in [-0.2, -0.15) is 0 Å². The number of rotatable bonds is 3. The van der Waals surface area contributed by atoms with E-state index < -0.39 is 12.0 Å². The first kappa shape index (κ1) is 7.80. The van der Waals surface area contributed by atoms with Gasteiger partial charge in [-0.25, -0.2) is 4.79 Å². The fourth-order valence-electron chi connectivity index (χ4n) is 0.729. The topological polar surface area (TPSA) is 112 Å². The van der Waals surface area contributed by atoms with Crippen LogP contribution in [0.5, 0.6) is 0 Å². The Kier molecular flexibility index (Phi) is 1.95. The fourth-order valence-corrected chi connectivity index (χ4v) is 0.729. The van der Waals surface area contributed by atoms with E-state index in [0.717, 1.165) is 0 Å². The summed E-state index contributed by atoms with van der Waals surface area (Å²) in [6, 6.07) is -0.882. The van der Waals surface area contributed by atoms with Crippen molar-refractivity contribution in [3.05, 3.63) is 0 Å². The van der Waals surface area contributed by atoms with Crippen molar-refractivity contribution in [1.29, 1.82) is 5.41 Å². The second kappa shape index (κ2) is 2.75. The molecule has 62 valence electrons. The van der Waals surface area contributed by atoms with Crippen LogP contribution in [0.2, 0.25) is 0 Å². The highest BCUT2D eigenvalue weighted by Gasteiger charge is 2.38. The molecule has 1 heterocycles. The van der Waals surface area contributed by atoms with Crippen molar-refractivity contribution in [2.45, 2.75) is 12.1 Å². The molecule has 0 amide bonds. The predicted octanol–water partition coefficient (Wildman–Crippen LogP) is -1.68. The monoisotopic (exact) mass is 159 g/mol. The van der Waals surface area contributed by atoms with Crippen LogP contribution < -0.4 is 11.1 Å². The Balaban J connectivity index is 2.45. The zero-order chi connectivity index (χ0) is 8.43. The van der Waals surface area contributed by atoms with E-state index in [0.29, 0.717) is 6.61 Å². The van der Waals surface area contributed by atoms with Crippen molar-refractivity contribution in [2.24, 2.45) is 5.73 Å². The number of ether oxygens (including phenoxy) is 1. The molecule has 0 aromatic carbocycles. The van der Waals surface area contributed by atoms with Gasteiger partial charge in [0.15, 0.2) is 12.0 Å². The van der Waals surface area contributed by atoms with Crippen molar-refractivity contribution < 1.29 is 14.6 Å². The molecule has 6 heteroatoms. The summed E-state index contributed by atoms with van der Waals surface area (Å²) in [4.78, 5) is 10.4. The minimum absolute atomic E-state index is 0.337. The summed E-state index contributed by atoms with van der Waals surface area (Å²) in [5, 5.41) is 17.6. The van der Waals surface area contributed by atoms with Crippen molar-refractivity contribution in [3.8, 4) is 0 Å². The number of nitrogens with two attached hydrogens (primary N) is 1. The predicted molar refractivity (Wildman–Crippen MR) is 36.2 cm³/mol. The Morgan fingerprint density at radius 3 is 2.73 bits per heavy atom. The van der Waals surface area contributed by atoms with Crippen LogP contribution in [-0.4, -0.2) is 35.8 Å². The summed E-state index contributed by atoms with van der Waals surface area (Å²) in [5.41, 5.74) is 4.95. The Labute approximate surface area is 62.8 Å². The van der Waals surface area contributed by atoms with Crippen molar-refractivity contribution in [3.63, 3.8) is 0 Å². The van der Waals surface area contributed by atoms with E-state index in [1.54, 1.807) is 0 Å². The number of hydrogen-bond acceptors (Lipinski definition) is 3. The molecule has 0 aromatic rings. The quantitative estimate of drug-likeness (QED) is 0.223. The molecule has 1 rings (SSSR count). The Morgan fingerprint density at radius 1 is 1.91 bits per heavy atom.